The molecule has 4 aromatic rings. The highest BCUT2D eigenvalue weighted by atomic mass is 32.2. The van der Waals surface area contributed by atoms with Gasteiger partial charge in [-0.2, -0.15) is 21.6 Å². The standard InChI is InChI=1S/C14H13N3O6S2/c1-8-3-4-10(6-13(8)24(18,19)20)15-16-11-5-9(2)14(25(21,22)23)7-12(11)17(15)16/h3-7H,1-2H3,(H,18,19,20)(H,21,22,23). The van der Waals surface area contributed by atoms with E-state index in [4.69, 9.17) is 0 Å². The lowest BCUT2D eigenvalue weighted by Gasteiger charge is -2.04. The molecule has 25 heavy (non-hydrogen) atoms. The lowest BCUT2D eigenvalue weighted by atomic mass is 10.2. The maximum Gasteiger partial charge on any atom is 0.294 e. The van der Waals surface area contributed by atoms with Gasteiger partial charge in [0.25, 0.3) is 20.2 Å². The molecule has 0 unspecified atom stereocenters. The summed E-state index contributed by atoms with van der Waals surface area (Å²) in [6, 6.07) is 7.55. The van der Waals surface area contributed by atoms with Gasteiger partial charge in [-0.05, 0) is 49.2 Å². The van der Waals surface area contributed by atoms with Gasteiger partial charge < -0.3 is 0 Å². The quantitative estimate of drug-likeness (QED) is 0.517. The van der Waals surface area contributed by atoms with Gasteiger partial charge in [-0.15, -0.1) is 9.26 Å². The summed E-state index contributed by atoms with van der Waals surface area (Å²) < 4.78 is 67.7. The van der Waals surface area contributed by atoms with Crippen LogP contribution in [0.1, 0.15) is 11.1 Å². The Morgan fingerprint density at radius 1 is 0.760 bits per heavy atom. The Hall–Kier alpha value is -2.34. The molecule has 2 N–H and O–H groups in total. The zero-order valence-electron chi connectivity index (χ0n) is 13.1. The predicted octanol–water partition coefficient (Wildman–Crippen LogP) is 1.53. The van der Waals surface area contributed by atoms with Gasteiger partial charge in [0, 0.05) is 0 Å². The Labute approximate surface area is 142 Å². The molecule has 0 atom stereocenters. The first-order valence-electron chi connectivity index (χ1n) is 7.10. The van der Waals surface area contributed by atoms with E-state index in [-0.39, 0.29) is 9.79 Å². The molecular weight excluding hydrogens is 370 g/mol. The van der Waals surface area contributed by atoms with Crippen LogP contribution in [0, 0.1) is 13.8 Å². The van der Waals surface area contributed by atoms with Crippen molar-refractivity contribution in [2.45, 2.75) is 23.6 Å². The fourth-order valence-electron chi connectivity index (χ4n) is 2.96. The van der Waals surface area contributed by atoms with E-state index in [2.05, 4.69) is 0 Å². The molecule has 0 fully saturated rings. The molecule has 0 aliphatic carbocycles. The van der Waals surface area contributed by atoms with E-state index < -0.39 is 20.2 Å². The van der Waals surface area contributed by atoms with E-state index in [0.717, 1.165) is 5.52 Å². The van der Waals surface area contributed by atoms with Crippen molar-refractivity contribution in [3.8, 4) is 5.69 Å². The van der Waals surface area contributed by atoms with E-state index in [1.54, 1.807) is 46.1 Å². The summed E-state index contributed by atoms with van der Waals surface area (Å²) in [5.74, 6) is 0. The van der Waals surface area contributed by atoms with Crippen LogP contribution < -0.4 is 0 Å². The van der Waals surface area contributed by atoms with Crippen LogP contribution in [0.5, 0.6) is 0 Å². The van der Waals surface area contributed by atoms with Gasteiger partial charge in [0.15, 0.2) is 0 Å². The lowest BCUT2D eigenvalue weighted by Crippen LogP contribution is -2.03. The maximum atomic E-state index is 11.5. The topological polar surface area (TPSA) is 122 Å². The summed E-state index contributed by atoms with van der Waals surface area (Å²) in [5, 5.41) is 0. The van der Waals surface area contributed by atoms with Gasteiger partial charge >= 0.3 is 0 Å². The van der Waals surface area contributed by atoms with E-state index in [1.165, 1.54) is 12.1 Å². The normalized spacial score (nSPS) is 13.4. The molecule has 132 valence electrons. The van der Waals surface area contributed by atoms with Crippen LogP contribution >= 0.6 is 0 Å². The highest BCUT2D eigenvalue weighted by Crippen LogP contribution is 2.31. The first-order valence-corrected chi connectivity index (χ1v) is 9.98. The molecule has 0 saturated heterocycles. The van der Waals surface area contributed by atoms with Crippen molar-refractivity contribution in [2.75, 3.05) is 0 Å². The fourth-order valence-corrected chi connectivity index (χ4v) is 4.43. The van der Waals surface area contributed by atoms with E-state index in [9.17, 15) is 25.9 Å². The molecule has 9 nitrogen and oxygen atoms in total. The van der Waals surface area contributed by atoms with Crippen LogP contribution in [0.15, 0.2) is 40.1 Å². The van der Waals surface area contributed by atoms with Gasteiger partial charge in [-0.3, -0.25) is 9.11 Å². The van der Waals surface area contributed by atoms with Crippen molar-refractivity contribution in [3.05, 3.63) is 41.5 Å². The van der Waals surface area contributed by atoms with E-state index >= 15 is 0 Å². The van der Waals surface area contributed by atoms with Crippen molar-refractivity contribution in [1.29, 1.82) is 0 Å². The first-order chi connectivity index (χ1) is 11.5. The minimum atomic E-state index is -4.35. The average molecular weight is 383 g/mol. The minimum Gasteiger partial charge on any atom is -0.282 e. The monoisotopic (exact) mass is 383 g/mol. The molecule has 2 heterocycles. The SMILES string of the molecule is Cc1ccc(-n2n3c4cc(C)c(S(=O)(=O)O)cc4n23)cc1S(=O)(=O)O. The summed E-state index contributed by atoms with van der Waals surface area (Å²) >= 11 is 0. The second kappa shape index (κ2) is 4.64. The van der Waals surface area contributed by atoms with E-state index in [0.29, 0.717) is 22.3 Å². The summed E-state index contributed by atoms with van der Waals surface area (Å²) in [7, 11) is -8.69. The molecule has 0 amide bonds. The van der Waals surface area contributed by atoms with E-state index in [1.807, 2.05) is 0 Å². The van der Waals surface area contributed by atoms with Crippen LogP contribution in [0.2, 0.25) is 0 Å². The van der Waals surface area contributed by atoms with Crippen molar-refractivity contribution in [3.63, 3.8) is 0 Å². The number of hydrogen-bond donors (Lipinski definition) is 2. The summed E-state index contributed by atoms with van der Waals surface area (Å²) in [6.45, 7) is 3.14. The molecule has 0 radical (unpaired) electrons. The lowest BCUT2D eigenvalue weighted by molar-refractivity contribution is 0.480. The van der Waals surface area contributed by atoms with Crippen LogP contribution in [0.3, 0.4) is 0 Å². The Balaban J connectivity index is 1.92. The average Bonchev–Trinajstić information content (AvgIpc) is 3.13. The Bertz CT molecular complexity index is 1350. The molecule has 0 bridgehead atoms. The number of aryl methyl sites for hydroxylation is 2. The molecule has 0 saturated carbocycles. The van der Waals surface area contributed by atoms with Crippen LogP contribution in [-0.4, -0.2) is 40.0 Å². The molecule has 0 spiro atoms. The summed E-state index contributed by atoms with van der Waals surface area (Å²) in [6.07, 6.45) is 0. The second-order valence-corrected chi connectivity index (χ2v) is 8.65. The van der Waals surface area contributed by atoms with Gasteiger partial charge in [0.05, 0.1) is 15.5 Å². The van der Waals surface area contributed by atoms with Gasteiger partial charge in [-0.25, -0.2) is 0 Å². The zero-order valence-corrected chi connectivity index (χ0v) is 14.7. The Kier molecular flexibility index (Phi) is 2.99. The molecule has 0 aliphatic heterocycles. The molecule has 11 heteroatoms. The molecule has 0 aliphatic rings. The summed E-state index contributed by atoms with van der Waals surface area (Å²) in [4.78, 5) is 1.24. The van der Waals surface area contributed by atoms with Crippen LogP contribution in [0.25, 0.3) is 16.7 Å². The first kappa shape index (κ1) is 16.1. The third-order valence-electron chi connectivity index (χ3n) is 4.17. The predicted molar refractivity (Wildman–Crippen MR) is 88.0 cm³/mol. The van der Waals surface area contributed by atoms with Crippen LogP contribution in [0.4, 0.5) is 0 Å². The highest BCUT2D eigenvalue weighted by molar-refractivity contribution is 7.86. The molecule has 2 aromatic carbocycles. The minimum absolute atomic E-state index is 0.180. The third kappa shape index (κ3) is 2.28. The van der Waals surface area contributed by atoms with Crippen molar-refractivity contribution >= 4 is 31.3 Å². The summed E-state index contributed by atoms with van der Waals surface area (Å²) in [5.41, 5.74) is 2.58. The maximum absolute atomic E-state index is 11.5. The van der Waals surface area contributed by atoms with Crippen molar-refractivity contribution in [2.24, 2.45) is 0 Å². The van der Waals surface area contributed by atoms with Crippen LogP contribution in [-0.2, 0) is 20.2 Å². The third-order valence-corrected chi connectivity index (χ3v) is 6.16. The number of benzene rings is 2. The van der Waals surface area contributed by atoms with Crippen molar-refractivity contribution in [1.82, 2.24) is 14.1 Å². The van der Waals surface area contributed by atoms with Gasteiger partial charge in [-0.1, -0.05) is 6.07 Å². The molecule has 2 aromatic heterocycles. The highest BCUT2D eigenvalue weighted by Gasteiger charge is 2.28. The zero-order chi connectivity index (χ0) is 18.3. The Morgan fingerprint density at radius 3 is 1.84 bits per heavy atom. The molecular formula is C14H13N3O6S2. The molecule has 4 rings (SSSR count). The number of rotatable bonds is 3. The number of fused-ring (bicyclic) bond motifs is 4. The fraction of sp³-hybridized carbons (Fsp3) is 0.143. The second-order valence-electron chi connectivity index (χ2n) is 5.87. The number of hydrogen-bond acceptors (Lipinski definition) is 4. The van der Waals surface area contributed by atoms with Gasteiger partial charge in [0.1, 0.15) is 11.0 Å². The van der Waals surface area contributed by atoms with Crippen molar-refractivity contribution < 1.29 is 25.9 Å². The van der Waals surface area contributed by atoms with Gasteiger partial charge in [0.2, 0.25) is 0 Å². The number of aromatic nitrogens is 3. The Morgan fingerprint density at radius 2 is 1.28 bits per heavy atom. The largest absolute Gasteiger partial charge is 0.294 e. The smallest absolute Gasteiger partial charge is 0.282 e. The number of nitrogens with zero attached hydrogens (tertiary/aromatic N) is 3.